The SMILES string of the molecule is CCCC1=[C]([Zr+2][C]2=C(CCC)C=CC2)CC=C1.[F-].[F-]. The first-order valence-electron chi connectivity index (χ1n) is 6.89. The topological polar surface area (TPSA) is 0 Å². The summed E-state index contributed by atoms with van der Waals surface area (Å²) in [5, 5.41) is 0. The molecule has 0 N–H and O–H groups in total. The van der Waals surface area contributed by atoms with Crippen LogP contribution in [-0.4, -0.2) is 0 Å². The Morgan fingerprint density at radius 3 is 1.63 bits per heavy atom. The molecule has 19 heavy (non-hydrogen) atoms. The van der Waals surface area contributed by atoms with Crippen LogP contribution < -0.4 is 9.41 Å². The molecule has 2 aliphatic rings. The minimum atomic E-state index is -0.443. The van der Waals surface area contributed by atoms with Crippen LogP contribution in [0.5, 0.6) is 0 Å². The Kier molecular flexibility index (Phi) is 9.43. The van der Waals surface area contributed by atoms with Gasteiger partial charge in [-0.15, -0.1) is 0 Å². The van der Waals surface area contributed by atoms with E-state index < -0.39 is 23.2 Å². The van der Waals surface area contributed by atoms with Crippen LogP contribution in [0.2, 0.25) is 0 Å². The quantitative estimate of drug-likeness (QED) is 0.587. The molecule has 0 saturated carbocycles. The van der Waals surface area contributed by atoms with E-state index in [1.54, 1.807) is 11.1 Å². The summed E-state index contributed by atoms with van der Waals surface area (Å²) in [5.41, 5.74) is 3.38. The largest absolute Gasteiger partial charge is 1.00 e. The van der Waals surface area contributed by atoms with Gasteiger partial charge in [-0.1, -0.05) is 0 Å². The van der Waals surface area contributed by atoms with E-state index in [9.17, 15) is 0 Å². The zero-order valence-corrected chi connectivity index (χ0v) is 14.3. The fourth-order valence-corrected chi connectivity index (χ4v) is 6.34. The van der Waals surface area contributed by atoms with Gasteiger partial charge in [0, 0.05) is 0 Å². The Bertz CT molecular complexity index is 365. The number of halogens is 2. The first-order valence-corrected chi connectivity index (χ1v) is 9.35. The minimum absolute atomic E-state index is 0. The van der Waals surface area contributed by atoms with Crippen molar-refractivity contribution in [2.45, 2.75) is 52.4 Å². The Morgan fingerprint density at radius 2 is 1.26 bits per heavy atom. The van der Waals surface area contributed by atoms with Gasteiger partial charge < -0.3 is 9.41 Å². The average molecular weight is 344 g/mol. The van der Waals surface area contributed by atoms with E-state index >= 15 is 0 Å². The van der Waals surface area contributed by atoms with Crippen LogP contribution in [0.15, 0.2) is 42.0 Å². The molecule has 0 saturated heterocycles. The molecule has 0 unspecified atom stereocenters. The molecule has 3 heteroatoms. The summed E-state index contributed by atoms with van der Waals surface area (Å²) < 4.78 is 3.70. The summed E-state index contributed by atoms with van der Waals surface area (Å²) in [4.78, 5) is 0. The Balaban J connectivity index is 0.00000162. The third-order valence-corrected chi connectivity index (χ3v) is 7.46. The molecule has 0 aromatic rings. The second kappa shape index (κ2) is 9.58. The summed E-state index contributed by atoms with van der Waals surface area (Å²) >= 11 is -0.443. The van der Waals surface area contributed by atoms with Gasteiger partial charge in [0.25, 0.3) is 0 Å². The van der Waals surface area contributed by atoms with Crippen molar-refractivity contribution < 1.29 is 32.6 Å². The third kappa shape index (κ3) is 4.95. The molecule has 0 atom stereocenters. The molecule has 0 nitrogen and oxygen atoms in total. The predicted molar refractivity (Wildman–Crippen MR) is 71.4 cm³/mol. The van der Waals surface area contributed by atoms with Crippen LogP contribution in [-0.2, 0) is 23.2 Å². The van der Waals surface area contributed by atoms with Crippen molar-refractivity contribution in [3.8, 4) is 0 Å². The molecule has 0 aromatic heterocycles. The summed E-state index contributed by atoms with van der Waals surface area (Å²) in [7, 11) is 0. The van der Waals surface area contributed by atoms with Gasteiger partial charge >= 0.3 is 118 Å². The zero-order valence-electron chi connectivity index (χ0n) is 11.8. The van der Waals surface area contributed by atoms with Gasteiger partial charge in [-0.3, -0.25) is 0 Å². The minimum Gasteiger partial charge on any atom is -1.00 e. The molecule has 0 bridgehead atoms. The second-order valence-electron chi connectivity index (χ2n) is 4.85. The van der Waals surface area contributed by atoms with Gasteiger partial charge in [0.05, 0.1) is 0 Å². The van der Waals surface area contributed by atoms with E-state index in [1.165, 1.54) is 38.5 Å². The van der Waals surface area contributed by atoms with Crippen molar-refractivity contribution in [1.29, 1.82) is 0 Å². The molecule has 0 aromatic carbocycles. The molecule has 104 valence electrons. The summed E-state index contributed by atoms with van der Waals surface area (Å²) in [6, 6.07) is 0. The first kappa shape index (κ1) is 18.7. The van der Waals surface area contributed by atoms with Gasteiger partial charge in [-0.05, 0) is 0 Å². The molecule has 0 amide bonds. The summed E-state index contributed by atoms with van der Waals surface area (Å²) in [6.45, 7) is 4.58. The molecule has 0 aliphatic heterocycles. The molecular weight excluding hydrogens is 321 g/mol. The molecule has 0 radical (unpaired) electrons. The summed E-state index contributed by atoms with van der Waals surface area (Å²) in [6.07, 6.45) is 17.3. The van der Waals surface area contributed by atoms with Gasteiger partial charge in [-0.25, -0.2) is 0 Å². The molecule has 0 heterocycles. The van der Waals surface area contributed by atoms with E-state index in [1.807, 2.05) is 6.56 Å². The van der Waals surface area contributed by atoms with E-state index in [2.05, 4.69) is 38.2 Å². The summed E-state index contributed by atoms with van der Waals surface area (Å²) in [5.74, 6) is 0. The molecule has 2 aliphatic carbocycles. The normalized spacial score (nSPS) is 16.5. The van der Waals surface area contributed by atoms with Gasteiger partial charge in [0.1, 0.15) is 0 Å². The standard InChI is InChI=1S/2C8H11.2FH.Zr/c2*1-2-5-8-6-3-4-7-8;;;/h2*3,6H,2,4-5H2,1H3;2*1H;/q;;;;+2/p-2. The van der Waals surface area contributed by atoms with Crippen LogP contribution in [0.3, 0.4) is 0 Å². The molecular formula is C16H22F2Zr. The number of allylic oxidation sites excluding steroid dienone is 8. The van der Waals surface area contributed by atoms with Crippen molar-refractivity contribution in [3.63, 3.8) is 0 Å². The Labute approximate surface area is 127 Å². The first-order chi connectivity index (χ1) is 8.35. The molecule has 0 spiro atoms. The zero-order chi connectivity index (χ0) is 12.1. The second-order valence-corrected chi connectivity index (χ2v) is 8.43. The monoisotopic (exact) mass is 342 g/mol. The van der Waals surface area contributed by atoms with Crippen LogP contribution >= 0.6 is 0 Å². The molecule has 0 fully saturated rings. The van der Waals surface area contributed by atoms with Crippen molar-refractivity contribution in [1.82, 2.24) is 0 Å². The molecule has 2 rings (SSSR count). The number of hydrogen-bond acceptors (Lipinski definition) is 0. The van der Waals surface area contributed by atoms with Crippen molar-refractivity contribution in [2.75, 3.05) is 0 Å². The Hall–Kier alpha value is -0.297. The van der Waals surface area contributed by atoms with E-state index in [0.717, 1.165) is 0 Å². The van der Waals surface area contributed by atoms with Crippen LogP contribution in [0, 0.1) is 0 Å². The van der Waals surface area contributed by atoms with E-state index in [4.69, 9.17) is 0 Å². The average Bonchev–Trinajstić information content (AvgIpc) is 2.92. The fourth-order valence-electron chi connectivity index (χ4n) is 2.55. The number of rotatable bonds is 6. The predicted octanol–water partition coefficient (Wildman–Crippen LogP) is -0.895. The van der Waals surface area contributed by atoms with Gasteiger partial charge in [-0.2, -0.15) is 0 Å². The third-order valence-electron chi connectivity index (χ3n) is 3.40. The number of hydrogen-bond donors (Lipinski definition) is 0. The van der Waals surface area contributed by atoms with Crippen molar-refractivity contribution >= 4 is 0 Å². The van der Waals surface area contributed by atoms with Crippen LogP contribution in [0.1, 0.15) is 52.4 Å². The maximum atomic E-state index is 2.39. The van der Waals surface area contributed by atoms with Gasteiger partial charge in [0.2, 0.25) is 0 Å². The van der Waals surface area contributed by atoms with E-state index in [-0.39, 0.29) is 9.41 Å². The van der Waals surface area contributed by atoms with Crippen molar-refractivity contribution in [2.24, 2.45) is 0 Å². The van der Waals surface area contributed by atoms with Crippen molar-refractivity contribution in [3.05, 3.63) is 42.0 Å². The van der Waals surface area contributed by atoms with Gasteiger partial charge in [0.15, 0.2) is 0 Å². The van der Waals surface area contributed by atoms with Crippen LogP contribution in [0.25, 0.3) is 0 Å². The fraction of sp³-hybridized carbons (Fsp3) is 0.500. The maximum absolute atomic E-state index is 2.39. The maximum Gasteiger partial charge on any atom is -1.00 e. The Morgan fingerprint density at radius 1 is 0.842 bits per heavy atom. The smallest absolute Gasteiger partial charge is 1.00 e. The van der Waals surface area contributed by atoms with Crippen LogP contribution in [0.4, 0.5) is 0 Å². The van der Waals surface area contributed by atoms with E-state index in [0.29, 0.717) is 0 Å².